The first-order valence-electron chi connectivity index (χ1n) is 7.70. The van der Waals surface area contributed by atoms with E-state index in [2.05, 4.69) is 6.58 Å². The Bertz CT molecular complexity index is 745. The molecule has 1 amide bonds. The molecule has 0 spiro atoms. The molecule has 0 aromatic heterocycles. The summed E-state index contributed by atoms with van der Waals surface area (Å²) in [5.41, 5.74) is 2.58. The van der Waals surface area contributed by atoms with Crippen molar-refractivity contribution in [2.45, 2.75) is 20.0 Å². The Morgan fingerprint density at radius 1 is 1.29 bits per heavy atom. The van der Waals surface area contributed by atoms with Crippen LogP contribution in [0.2, 0.25) is 0 Å². The lowest BCUT2D eigenvalue weighted by Gasteiger charge is -2.18. The smallest absolute Gasteiger partial charge is 0.299 e. The third kappa shape index (κ3) is 3.46. The number of hydrogen-bond acceptors (Lipinski definition) is 4. The first kappa shape index (κ1) is 17.7. The molecule has 126 valence electrons. The molecule has 0 saturated carbocycles. The zero-order valence-electron chi connectivity index (χ0n) is 14.2. The molecule has 0 bridgehead atoms. The Kier molecular flexibility index (Phi) is 5.36. The molecule has 2 rings (SSSR count). The molecule has 0 aliphatic carbocycles. The SMILES string of the molecule is C=CC=C1/C(=C\C)C(=O)C(=O)N1Cc1ccc(O)c(CN(C)C)c1. The number of Topliss-reactive ketones (excluding diaryl/α,β-unsaturated/α-hetero) is 1. The van der Waals surface area contributed by atoms with Gasteiger partial charge in [0.05, 0.1) is 12.2 Å². The van der Waals surface area contributed by atoms with Crippen LogP contribution in [-0.2, 0) is 22.7 Å². The van der Waals surface area contributed by atoms with Gasteiger partial charge in [-0.2, -0.15) is 0 Å². The Labute approximate surface area is 142 Å². The summed E-state index contributed by atoms with van der Waals surface area (Å²) >= 11 is 0. The molecular weight excluding hydrogens is 304 g/mol. The number of phenolic OH excluding ortho intramolecular Hbond substituents is 1. The number of phenols is 1. The van der Waals surface area contributed by atoms with Crippen LogP contribution < -0.4 is 0 Å². The summed E-state index contributed by atoms with van der Waals surface area (Å²) in [6.45, 7) is 6.24. The van der Waals surface area contributed by atoms with Crippen molar-refractivity contribution in [3.8, 4) is 5.75 Å². The molecule has 1 aliphatic heterocycles. The van der Waals surface area contributed by atoms with Crippen molar-refractivity contribution in [3.63, 3.8) is 0 Å². The molecule has 5 heteroatoms. The molecule has 1 heterocycles. The van der Waals surface area contributed by atoms with Gasteiger partial charge in [0, 0.05) is 17.7 Å². The Morgan fingerprint density at radius 3 is 2.58 bits per heavy atom. The van der Waals surface area contributed by atoms with Gasteiger partial charge in [0.25, 0.3) is 11.7 Å². The minimum Gasteiger partial charge on any atom is -0.508 e. The van der Waals surface area contributed by atoms with Crippen molar-refractivity contribution in [1.82, 2.24) is 9.80 Å². The Morgan fingerprint density at radius 2 is 2.00 bits per heavy atom. The number of hydrogen-bond donors (Lipinski definition) is 1. The molecule has 1 fully saturated rings. The van der Waals surface area contributed by atoms with Crippen LogP contribution in [-0.4, -0.2) is 40.7 Å². The van der Waals surface area contributed by atoms with Crippen LogP contribution in [0, 0.1) is 0 Å². The molecular formula is C19H22N2O3. The zero-order valence-corrected chi connectivity index (χ0v) is 14.2. The molecule has 1 saturated heterocycles. The summed E-state index contributed by atoms with van der Waals surface area (Å²) in [7, 11) is 3.83. The van der Waals surface area contributed by atoms with Gasteiger partial charge in [-0.15, -0.1) is 0 Å². The molecule has 1 aromatic carbocycles. The number of allylic oxidation sites excluding steroid dienone is 4. The lowest BCUT2D eigenvalue weighted by atomic mass is 10.1. The fourth-order valence-electron chi connectivity index (χ4n) is 2.72. The van der Waals surface area contributed by atoms with Crippen LogP contribution in [0.4, 0.5) is 0 Å². The van der Waals surface area contributed by atoms with E-state index in [9.17, 15) is 14.7 Å². The second-order valence-corrected chi connectivity index (χ2v) is 5.91. The number of likely N-dealkylation sites (tertiary alicyclic amines) is 1. The molecule has 24 heavy (non-hydrogen) atoms. The van der Waals surface area contributed by atoms with Crippen molar-refractivity contribution >= 4 is 11.7 Å². The fraction of sp³-hybridized carbons (Fsp3) is 0.263. The highest BCUT2D eigenvalue weighted by Gasteiger charge is 2.38. The lowest BCUT2D eigenvalue weighted by Crippen LogP contribution is -2.26. The van der Waals surface area contributed by atoms with Gasteiger partial charge in [-0.25, -0.2) is 0 Å². The Balaban J connectivity index is 2.36. The van der Waals surface area contributed by atoms with E-state index in [0.717, 1.165) is 11.1 Å². The third-order valence-electron chi connectivity index (χ3n) is 3.79. The van der Waals surface area contributed by atoms with E-state index < -0.39 is 11.7 Å². The normalized spacial score (nSPS) is 18.2. The molecule has 0 unspecified atom stereocenters. The largest absolute Gasteiger partial charge is 0.508 e. The van der Waals surface area contributed by atoms with Crippen molar-refractivity contribution in [2.75, 3.05) is 14.1 Å². The molecule has 1 aromatic rings. The van der Waals surface area contributed by atoms with Gasteiger partial charge >= 0.3 is 0 Å². The van der Waals surface area contributed by atoms with E-state index in [4.69, 9.17) is 0 Å². The highest BCUT2D eigenvalue weighted by Crippen LogP contribution is 2.29. The van der Waals surface area contributed by atoms with Gasteiger partial charge in [0.1, 0.15) is 5.75 Å². The second kappa shape index (κ2) is 7.27. The molecule has 1 aliphatic rings. The van der Waals surface area contributed by atoms with E-state index in [1.165, 1.54) is 4.90 Å². The number of nitrogens with zero attached hydrogens (tertiary/aromatic N) is 2. The topological polar surface area (TPSA) is 60.9 Å². The van der Waals surface area contributed by atoms with E-state index in [-0.39, 0.29) is 12.3 Å². The van der Waals surface area contributed by atoms with Crippen LogP contribution >= 0.6 is 0 Å². The maximum Gasteiger partial charge on any atom is 0.299 e. The minimum absolute atomic E-state index is 0.215. The van der Waals surface area contributed by atoms with Gasteiger partial charge in [-0.3, -0.25) is 9.59 Å². The highest BCUT2D eigenvalue weighted by atomic mass is 16.3. The molecule has 5 nitrogen and oxygen atoms in total. The first-order valence-corrected chi connectivity index (χ1v) is 7.70. The summed E-state index contributed by atoms with van der Waals surface area (Å²) in [5, 5.41) is 9.96. The number of rotatable bonds is 5. The van der Waals surface area contributed by atoms with E-state index >= 15 is 0 Å². The predicted molar refractivity (Wildman–Crippen MR) is 93.1 cm³/mol. The van der Waals surface area contributed by atoms with Gasteiger partial charge in [-0.1, -0.05) is 24.8 Å². The second-order valence-electron chi connectivity index (χ2n) is 5.91. The third-order valence-corrected chi connectivity index (χ3v) is 3.79. The van der Waals surface area contributed by atoms with Gasteiger partial charge in [0.15, 0.2) is 0 Å². The average Bonchev–Trinajstić information content (AvgIpc) is 2.75. The number of amides is 1. The number of carbonyl (C=O) groups excluding carboxylic acids is 2. The van der Waals surface area contributed by atoms with Crippen molar-refractivity contribution in [1.29, 1.82) is 0 Å². The number of ketones is 1. The fourth-order valence-corrected chi connectivity index (χ4v) is 2.72. The summed E-state index contributed by atoms with van der Waals surface area (Å²) in [5.74, 6) is -0.830. The number of benzene rings is 1. The number of aromatic hydroxyl groups is 1. The summed E-state index contributed by atoms with van der Waals surface area (Å²) < 4.78 is 0. The van der Waals surface area contributed by atoms with E-state index in [1.807, 2.05) is 25.1 Å². The minimum atomic E-state index is -0.543. The van der Waals surface area contributed by atoms with E-state index in [0.29, 0.717) is 17.8 Å². The highest BCUT2D eigenvalue weighted by molar-refractivity contribution is 6.47. The summed E-state index contributed by atoms with van der Waals surface area (Å²) in [4.78, 5) is 27.8. The maximum absolute atomic E-state index is 12.3. The van der Waals surface area contributed by atoms with Crippen LogP contribution in [0.5, 0.6) is 5.75 Å². The van der Waals surface area contributed by atoms with Crippen LogP contribution in [0.15, 0.2) is 54.3 Å². The average molecular weight is 326 g/mol. The van der Waals surface area contributed by atoms with Crippen molar-refractivity contribution in [3.05, 3.63) is 65.4 Å². The lowest BCUT2D eigenvalue weighted by molar-refractivity contribution is -0.139. The summed E-state index contributed by atoms with van der Waals surface area (Å²) in [6.07, 6.45) is 4.87. The summed E-state index contributed by atoms with van der Waals surface area (Å²) in [6, 6.07) is 5.22. The zero-order chi connectivity index (χ0) is 17.9. The monoisotopic (exact) mass is 326 g/mol. The number of carbonyl (C=O) groups is 2. The standard InChI is InChI=1S/C19H22N2O3/c1-5-7-16-15(6-2)18(23)19(24)21(16)11-13-8-9-17(22)14(10-13)12-20(3)4/h5-10,22H,1,11-12H2,2-4H3/b15-6+,16-7?. The quantitative estimate of drug-likeness (QED) is 0.667. The Hall–Kier alpha value is -2.66. The van der Waals surface area contributed by atoms with Crippen LogP contribution in [0.25, 0.3) is 0 Å². The van der Waals surface area contributed by atoms with Gasteiger partial charge < -0.3 is 14.9 Å². The van der Waals surface area contributed by atoms with Crippen LogP contribution in [0.3, 0.4) is 0 Å². The van der Waals surface area contributed by atoms with Gasteiger partial charge in [-0.05, 0) is 44.8 Å². The molecule has 0 radical (unpaired) electrons. The molecule has 0 atom stereocenters. The maximum atomic E-state index is 12.3. The molecule has 1 N–H and O–H groups in total. The first-order chi connectivity index (χ1) is 11.4. The van der Waals surface area contributed by atoms with Crippen molar-refractivity contribution < 1.29 is 14.7 Å². The van der Waals surface area contributed by atoms with Crippen molar-refractivity contribution in [2.24, 2.45) is 0 Å². The van der Waals surface area contributed by atoms with Crippen LogP contribution in [0.1, 0.15) is 18.1 Å². The van der Waals surface area contributed by atoms with Gasteiger partial charge in [0.2, 0.25) is 0 Å². The van der Waals surface area contributed by atoms with E-state index in [1.54, 1.807) is 37.3 Å². The predicted octanol–water partition coefficient (Wildman–Crippen LogP) is 2.38.